The zero-order chi connectivity index (χ0) is 11.6. The van der Waals surface area contributed by atoms with Crippen molar-refractivity contribution < 1.29 is 0 Å². The van der Waals surface area contributed by atoms with E-state index in [1.165, 1.54) is 45.3 Å². The highest BCUT2D eigenvalue weighted by molar-refractivity contribution is 8.00. The maximum atomic E-state index is 6.02. The summed E-state index contributed by atoms with van der Waals surface area (Å²) in [6.45, 7) is 9.37. The Labute approximate surface area is 104 Å². The first-order valence-electron chi connectivity index (χ1n) is 6.71. The summed E-state index contributed by atoms with van der Waals surface area (Å²) in [6, 6.07) is 0. The second-order valence-electron chi connectivity index (χ2n) is 5.86. The number of hydrogen-bond donors (Lipinski definition) is 1. The van der Waals surface area contributed by atoms with Crippen molar-refractivity contribution in [2.24, 2.45) is 11.1 Å². The van der Waals surface area contributed by atoms with Crippen molar-refractivity contribution in [2.75, 3.05) is 26.2 Å². The summed E-state index contributed by atoms with van der Waals surface area (Å²) < 4.78 is 0. The van der Waals surface area contributed by atoms with E-state index >= 15 is 0 Å². The van der Waals surface area contributed by atoms with Crippen LogP contribution in [0.25, 0.3) is 0 Å². The molecule has 0 aromatic rings. The molecule has 2 fully saturated rings. The molecule has 0 aromatic carbocycles. The highest BCUT2D eigenvalue weighted by atomic mass is 32.2. The van der Waals surface area contributed by atoms with E-state index in [1.54, 1.807) is 0 Å². The van der Waals surface area contributed by atoms with Crippen LogP contribution in [0.15, 0.2) is 0 Å². The molecule has 1 aliphatic heterocycles. The summed E-state index contributed by atoms with van der Waals surface area (Å²) in [6.07, 6.45) is 5.50. The van der Waals surface area contributed by atoms with Crippen molar-refractivity contribution in [3.8, 4) is 0 Å². The number of hydrogen-bond acceptors (Lipinski definition) is 3. The van der Waals surface area contributed by atoms with Gasteiger partial charge in [0.25, 0.3) is 0 Å². The Kier molecular flexibility index (Phi) is 4.20. The molecule has 0 aromatic heterocycles. The lowest BCUT2D eigenvalue weighted by molar-refractivity contribution is 0.156. The number of nitrogens with two attached hydrogens (primary N) is 1. The molecule has 2 rings (SSSR count). The second-order valence-corrected chi connectivity index (χ2v) is 7.74. The van der Waals surface area contributed by atoms with E-state index in [1.807, 2.05) is 0 Å². The lowest BCUT2D eigenvalue weighted by atomic mass is 9.85. The average Bonchev–Trinajstić information content (AvgIpc) is 2.65. The van der Waals surface area contributed by atoms with E-state index in [4.69, 9.17) is 5.73 Å². The SMILES string of the molecule is CC1CN(CC2(CN)CCCC2)CC(C)S1. The predicted molar refractivity (Wildman–Crippen MR) is 72.9 cm³/mol. The molecular weight excluding hydrogens is 216 g/mol. The van der Waals surface area contributed by atoms with E-state index in [9.17, 15) is 0 Å². The monoisotopic (exact) mass is 242 g/mol. The minimum Gasteiger partial charge on any atom is -0.330 e. The van der Waals surface area contributed by atoms with Gasteiger partial charge in [-0.2, -0.15) is 11.8 Å². The maximum Gasteiger partial charge on any atom is 0.0149 e. The third-order valence-corrected chi connectivity index (χ3v) is 5.38. The van der Waals surface area contributed by atoms with Crippen LogP contribution >= 0.6 is 11.8 Å². The molecule has 0 bridgehead atoms. The van der Waals surface area contributed by atoms with Crippen molar-refractivity contribution in [3.63, 3.8) is 0 Å². The molecule has 1 saturated heterocycles. The van der Waals surface area contributed by atoms with Gasteiger partial charge < -0.3 is 10.6 Å². The van der Waals surface area contributed by atoms with Gasteiger partial charge in [0, 0.05) is 30.1 Å². The molecule has 0 spiro atoms. The summed E-state index contributed by atoms with van der Waals surface area (Å²) in [5.74, 6) is 0. The molecule has 3 heteroatoms. The van der Waals surface area contributed by atoms with Gasteiger partial charge in [-0.3, -0.25) is 0 Å². The van der Waals surface area contributed by atoms with Gasteiger partial charge >= 0.3 is 0 Å². The molecule has 94 valence electrons. The lowest BCUT2D eigenvalue weighted by Gasteiger charge is -2.40. The fourth-order valence-electron chi connectivity index (χ4n) is 3.44. The summed E-state index contributed by atoms with van der Waals surface area (Å²) in [4.78, 5) is 2.67. The summed E-state index contributed by atoms with van der Waals surface area (Å²) in [7, 11) is 0. The molecule has 2 atom stereocenters. The fraction of sp³-hybridized carbons (Fsp3) is 1.00. The topological polar surface area (TPSA) is 29.3 Å². The van der Waals surface area contributed by atoms with Gasteiger partial charge in [-0.05, 0) is 24.8 Å². The second kappa shape index (κ2) is 5.28. The quantitative estimate of drug-likeness (QED) is 0.823. The van der Waals surface area contributed by atoms with Gasteiger partial charge in [0.05, 0.1) is 0 Å². The lowest BCUT2D eigenvalue weighted by Crippen LogP contribution is -2.47. The molecule has 2 N–H and O–H groups in total. The van der Waals surface area contributed by atoms with Gasteiger partial charge in [-0.1, -0.05) is 26.7 Å². The molecule has 1 heterocycles. The van der Waals surface area contributed by atoms with Crippen LogP contribution < -0.4 is 5.73 Å². The summed E-state index contributed by atoms with van der Waals surface area (Å²) in [5.41, 5.74) is 6.48. The Morgan fingerprint density at radius 2 is 1.75 bits per heavy atom. The maximum absolute atomic E-state index is 6.02. The van der Waals surface area contributed by atoms with Crippen LogP contribution in [0.3, 0.4) is 0 Å². The third-order valence-electron chi connectivity index (χ3n) is 4.15. The van der Waals surface area contributed by atoms with E-state index in [0.717, 1.165) is 17.0 Å². The number of rotatable bonds is 3. The largest absolute Gasteiger partial charge is 0.330 e. The van der Waals surface area contributed by atoms with Gasteiger partial charge in [-0.15, -0.1) is 0 Å². The van der Waals surface area contributed by atoms with Crippen molar-refractivity contribution in [1.82, 2.24) is 4.90 Å². The number of thioether (sulfide) groups is 1. The Morgan fingerprint density at radius 1 is 1.19 bits per heavy atom. The van der Waals surface area contributed by atoms with Crippen molar-refractivity contribution in [3.05, 3.63) is 0 Å². The molecule has 1 saturated carbocycles. The van der Waals surface area contributed by atoms with E-state index in [2.05, 4.69) is 30.5 Å². The van der Waals surface area contributed by atoms with Gasteiger partial charge in [0.2, 0.25) is 0 Å². The Morgan fingerprint density at radius 3 is 2.25 bits per heavy atom. The molecule has 16 heavy (non-hydrogen) atoms. The smallest absolute Gasteiger partial charge is 0.0149 e. The molecule has 0 radical (unpaired) electrons. The predicted octanol–water partition coefficient (Wildman–Crippen LogP) is 2.33. The van der Waals surface area contributed by atoms with Gasteiger partial charge in [0.15, 0.2) is 0 Å². The highest BCUT2D eigenvalue weighted by Gasteiger charge is 2.35. The van der Waals surface area contributed by atoms with Crippen LogP contribution in [-0.4, -0.2) is 41.6 Å². The normalized spacial score (nSPS) is 35.4. The van der Waals surface area contributed by atoms with Crippen molar-refractivity contribution in [2.45, 2.75) is 50.0 Å². The van der Waals surface area contributed by atoms with Crippen molar-refractivity contribution in [1.29, 1.82) is 0 Å². The third kappa shape index (κ3) is 2.93. The Balaban J connectivity index is 1.92. The molecule has 2 unspecified atom stereocenters. The van der Waals surface area contributed by atoms with Crippen LogP contribution in [0, 0.1) is 5.41 Å². The van der Waals surface area contributed by atoms with Crippen molar-refractivity contribution >= 4 is 11.8 Å². The molecule has 0 amide bonds. The molecule has 2 aliphatic rings. The Hall–Kier alpha value is 0.270. The molecule has 1 aliphatic carbocycles. The standard InChI is InChI=1S/C13H26N2S/c1-11-7-15(8-12(2)16-11)10-13(9-14)5-3-4-6-13/h11-12H,3-10,14H2,1-2H3. The first-order valence-corrected chi connectivity index (χ1v) is 7.66. The van der Waals surface area contributed by atoms with E-state index in [-0.39, 0.29) is 0 Å². The average molecular weight is 242 g/mol. The number of nitrogens with zero attached hydrogens (tertiary/aromatic N) is 1. The zero-order valence-corrected chi connectivity index (χ0v) is 11.6. The van der Waals surface area contributed by atoms with Gasteiger partial charge in [0.1, 0.15) is 0 Å². The summed E-state index contributed by atoms with van der Waals surface area (Å²) in [5, 5.41) is 1.58. The fourth-order valence-corrected chi connectivity index (χ4v) is 4.83. The van der Waals surface area contributed by atoms with Gasteiger partial charge in [-0.25, -0.2) is 0 Å². The first-order chi connectivity index (χ1) is 7.63. The van der Waals surface area contributed by atoms with Crippen LogP contribution in [0.5, 0.6) is 0 Å². The molecular formula is C13H26N2S. The first kappa shape index (κ1) is 12.7. The zero-order valence-electron chi connectivity index (χ0n) is 10.7. The summed E-state index contributed by atoms with van der Waals surface area (Å²) >= 11 is 2.14. The van der Waals surface area contributed by atoms with E-state index < -0.39 is 0 Å². The van der Waals surface area contributed by atoms with Crippen LogP contribution in [0.2, 0.25) is 0 Å². The van der Waals surface area contributed by atoms with Crippen LogP contribution in [0.1, 0.15) is 39.5 Å². The highest BCUT2D eigenvalue weighted by Crippen LogP contribution is 2.39. The van der Waals surface area contributed by atoms with E-state index in [0.29, 0.717) is 5.41 Å². The molecule has 2 nitrogen and oxygen atoms in total. The minimum atomic E-state index is 0.460. The van der Waals surface area contributed by atoms with Crippen LogP contribution in [0.4, 0.5) is 0 Å². The van der Waals surface area contributed by atoms with Crippen LogP contribution in [-0.2, 0) is 0 Å². The minimum absolute atomic E-state index is 0.460. The Bertz CT molecular complexity index is 216.